The molecule has 0 bridgehead atoms. The van der Waals surface area contributed by atoms with E-state index in [2.05, 4.69) is 19.9 Å². The van der Waals surface area contributed by atoms with Gasteiger partial charge < -0.3 is 5.73 Å². The van der Waals surface area contributed by atoms with E-state index in [1.807, 2.05) is 6.07 Å². The molecule has 0 heterocycles. The van der Waals surface area contributed by atoms with Crippen LogP contribution in [0.5, 0.6) is 0 Å². The van der Waals surface area contributed by atoms with E-state index in [0.29, 0.717) is 16.5 Å². The Hall–Kier alpha value is -1.14. The molecule has 3 heteroatoms. The highest BCUT2D eigenvalue weighted by Crippen LogP contribution is 2.30. The predicted octanol–water partition coefficient (Wildman–Crippen LogP) is 3.03. The maximum absolute atomic E-state index is 8.67. The van der Waals surface area contributed by atoms with Gasteiger partial charge in [0.05, 0.1) is 11.6 Å². The first-order valence-corrected chi connectivity index (χ1v) is 5.51. The zero-order chi connectivity index (χ0) is 10.6. The second-order valence-electron chi connectivity index (χ2n) is 3.20. The molecular weight excluding hydrogens is 192 g/mol. The Kier molecular flexibility index (Phi) is 3.84. The summed E-state index contributed by atoms with van der Waals surface area (Å²) in [5.74, 6) is 0. The molecule has 0 aliphatic rings. The Balaban J connectivity index is 2.85. The van der Waals surface area contributed by atoms with Gasteiger partial charge in [-0.2, -0.15) is 5.26 Å². The maximum atomic E-state index is 8.67. The van der Waals surface area contributed by atoms with Crippen LogP contribution < -0.4 is 5.73 Å². The summed E-state index contributed by atoms with van der Waals surface area (Å²) in [7, 11) is 0. The Morgan fingerprint density at radius 1 is 1.57 bits per heavy atom. The van der Waals surface area contributed by atoms with Crippen molar-refractivity contribution in [2.45, 2.75) is 30.4 Å². The second kappa shape index (κ2) is 4.92. The third kappa shape index (κ3) is 2.68. The minimum Gasteiger partial charge on any atom is -0.398 e. The van der Waals surface area contributed by atoms with E-state index in [0.717, 1.165) is 11.3 Å². The average molecular weight is 206 g/mol. The number of nitrogens with zero attached hydrogens (tertiary/aromatic N) is 1. The monoisotopic (exact) mass is 206 g/mol. The van der Waals surface area contributed by atoms with E-state index in [9.17, 15) is 0 Å². The third-order valence-electron chi connectivity index (χ3n) is 2.04. The number of nitriles is 1. The molecule has 1 rings (SSSR count). The highest BCUT2D eigenvalue weighted by Gasteiger charge is 2.05. The third-order valence-corrected chi connectivity index (χ3v) is 3.40. The van der Waals surface area contributed by atoms with Gasteiger partial charge in [-0.3, -0.25) is 0 Å². The number of nitrogen functional groups attached to an aromatic ring is 1. The van der Waals surface area contributed by atoms with E-state index < -0.39 is 0 Å². The molecule has 0 saturated carbocycles. The SMILES string of the molecule is CCC(C)Sc1ccc(C#N)cc1N. The first-order chi connectivity index (χ1) is 6.67. The van der Waals surface area contributed by atoms with E-state index in [4.69, 9.17) is 11.0 Å². The highest BCUT2D eigenvalue weighted by atomic mass is 32.2. The minimum absolute atomic E-state index is 0.560. The summed E-state index contributed by atoms with van der Waals surface area (Å²) in [6, 6.07) is 7.53. The van der Waals surface area contributed by atoms with Crippen molar-refractivity contribution >= 4 is 17.4 Å². The fourth-order valence-electron chi connectivity index (χ4n) is 1.03. The van der Waals surface area contributed by atoms with Crippen molar-refractivity contribution in [2.75, 3.05) is 5.73 Å². The smallest absolute Gasteiger partial charge is 0.0992 e. The summed E-state index contributed by atoms with van der Waals surface area (Å²) >= 11 is 1.75. The lowest BCUT2D eigenvalue weighted by Crippen LogP contribution is -1.96. The molecule has 0 saturated heterocycles. The lowest BCUT2D eigenvalue weighted by atomic mass is 10.2. The van der Waals surface area contributed by atoms with Crippen LogP contribution in [-0.2, 0) is 0 Å². The predicted molar refractivity (Wildman–Crippen MR) is 61.2 cm³/mol. The molecule has 1 atom stereocenters. The molecule has 0 aliphatic heterocycles. The first kappa shape index (κ1) is 10.9. The molecule has 0 aromatic heterocycles. The van der Waals surface area contributed by atoms with Crippen molar-refractivity contribution in [1.29, 1.82) is 5.26 Å². The molecule has 2 nitrogen and oxygen atoms in total. The molecule has 0 spiro atoms. The van der Waals surface area contributed by atoms with E-state index in [-0.39, 0.29) is 0 Å². The normalized spacial score (nSPS) is 12.1. The van der Waals surface area contributed by atoms with Crippen LogP contribution in [0.25, 0.3) is 0 Å². The van der Waals surface area contributed by atoms with Gasteiger partial charge in [-0.25, -0.2) is 0 Å². The number of benzene rings is 1. The summed E-state index contributed by atoms with van der Waals surface area (Å²) < 4.78 is 0. The first-order valence-electron chi connectivity index (χ1n) is 4.63. The number of nitrogens with two attached hydrogens (primary N) is 1. The van der Waals surface area contributed by atoms with Gasteiger partial charge in [0.2, 0.25) is 0 Å². The van der Waals surface area contributed by atoms with Crippen LogP contribution in [0.4, 0.5) is 5.69 Å². The maximum Gasteiger partial charge on any atom is 0.0992 e. The largest absolute Gasteiger partial charge is 0.398 e. The molecule has 0 amide bonds. The standard InChI is InChI=1S/C11H14N2S/c1-3-8(2)14-11-5-4-9(7-12)6-10(11)13/h4-6,8H,3,13H2,1-2H3. The Labute approximate surface area is 89.1 Å². The van der Waals surface area contributed by atoms with Crippen LogP contribution in [0, 0.1) is 11.3 Å². The number of anilines is 1. The molecule has 0 aliphatic carbocycles. The Bertz CT molecular complexity index is 355. The van der Waals surface area contributed by atoms with Crippen LogP contribution in [-0.4, -0.2) is 5.25 Å². The van der Waals surface area contributed by atoms with Gasteiger partial charge in [-0.15, -0.1) is 11.8 Å². The average Bonchev–Trinajstić information content (AvgIpc) is 2.20. The van der Waals surface area contributed by atoms with Crippen molar-refractivity contribution in [1.82, 2.24) is 0 Å². The van der Waals surface area contributed by atoms with Gasteiger partial charge in [-0.1, -0.05) is 13.8 Å². The van der Waals surface area contributed by atoms with Crippen molar-refractivity contribution in [2.24, 2.45) is 0 Å². The van der Waals surface area contributed by atoms with Crippen LogP contribution >= 0.6 is 11.8 Å². The number of thioether (sulfide) groups is 1. The zero-order valence-electron chi connectivity index (χ0n) is 8.45. The van der Waals surface area contributed by atoms with Crippen LogP contribution in [0.2, 0.25) is 0 Å². The highest BCUT2D eigenvalue weighted by molar-refractivity contribution is 8.00. The van der Waals surface area contributed by atoms with Crippen molar-refractivity contribution in [3.63, 3.8) is 0 Å². The Morgan fingerprint density at radius 3 is 2.79 bits per heavy atom. The number of rotatable bonds is 3. The quantitative estimate of drug-likeness (QED) is 0.611. The molecule has 74 valence electrons. The zero-order valence-corrected chi connectivity index (χ0v) is 9.27. The molecule has 0 radical (unpaired) electrons. The summed E-state index contributed by atoms with van der Waals surface area (Å²) in [4.78, 5) is 1.07. The molecule has 0 fully saturated rings. The van der Waals surface area contributed by atoms with E-state index in [1.165, 1.54) is 0 Å². The fraction of sp³-hybridized carbons (Fsp3) is 0.364. The minimum atomic E-state index is 0.560. The molecular formula is C11H14N2S. The molecule has 2 N–H and O–H groups in total. The number of hydrogen-bond acceptors (Lipinski definition) is 3. The summed E-state index contributed by atoms with van der Waals surface area (Å²) in [6.07, 6.45) is 1.12. The summed E-state index contributed by atoms with van der Waals surface area (Å²) in [5, 5.41) is 9.23. The van der Waals surface area contributed by atoms with Crippen LogP contribution in [0.1, 0.15) is 25.8 Å². The van der Waals surface area contributed by atoms with E-state index >= 15 is 0 Å². The summed E-state index contributed by atoms with van der Waals surface area (Å²) in [6.45, 7) is 4.32. The van der Waals surface area contributed by atoms with Crippen LogP contribution in [0.3, 0.4) is 0 Å². The van der Waals surface area contributed by atoms with Crippen LogP contribution in [0.15, 0.2) is 23.1 Å². The molecule has 1 aromatic rings. The van der Waals surface area contributed by atoms with Crippen molar-refractivity contribution in [3.8, 4) is 6.07 Å². The lowest BCUT2D eigenvalue weighted by Gasteiger charge is -2.10. The molecule has 1 unspecified atom stereocenters. The van der Waals surface area contributed by atoms with Gasteiger partial charge in [0, 0.05) is 15.8 Å². The number of hydrogen-bond donors (Lipinski definition) is 1. The van der Waals surface area contributed by atoms with Gasteiger partial charge in [-0.05, 0) is 24.6 Å². The van der Waals surface area contributed by atoms with Gasteiger partial charge in [0.25, 0.3) is 0 Å². The van der Waals surface area contributed by atoms with E-state index in [1.54, 1.807) is 23.9 Å². The van der Waals surface area contributed by atoms with Gasteiger partial charge >= 0.3 is 0 Å². The Morgan fingerprint density at radius 2 is 2.29 bits per heavy atom. The second-order valence-corrected chi connectivity index (χ2v) is 4.68. The van der Waals surface area contributed by atoms with Crippen molar-refractivity contribution in [3.05, 3.63) is 23.8 Å². The topological polar surface area (TPSA) is 49.8 Å². The molecule has 14 heavy (non-hydrogen) atoms. The lowest BCUT2D eigenvalue weighted by molar-refractivity contribution is 0.906. The fourth-order valence-corrected chi connectivity index (χ4v) is 1.97. The van der Waals surface area contributed by atoms with Gasteiger partial charge in [0.15, 0.2) is 0 Å². The van der Waals surface area contributed by atoms with Gasteiger partial charge in [0.1, 0.15) is 0 Å². The molecule has 1 aromatic carbocycles. The van der Waals surface area contributed by atoms with Crippen molar-refractivity contribution < 1.29 is 0 Å². The summed E-state index contributed by atoms with van der Waals surface area (Å²) in [5.41, 5.74) is 7.15.